The van der Waals surface area contributed by atoms with Gasteiger partial charge in [0.25, 0.3) is 0 Å². The number of carbonyl (C=O) groups excluding carboxylic acids is 1. The molecule has 0 saturated carbocycles. The molecule has 0 bridgehead atoms. The highest BCUT2D eigenvalue weighted by Crippen LogP contribution is 2.55. The number of benzene rings is 3. The Hall–Kier alpha value is -2.70. The quantitative estimate of drug-likeness (QED) is 0.120. The number of rotatable bonds is 14. The minimum atomic E-state index is -1.69. The van der Waals surface area contributed by atoms with Gasteiger partial charge in [-0.25, -0.2) is 4.79 Å². The molecule has 0 atom stereocenters. The molecule has 33 heavy (non-hydrogen) atoms. The molecule has 0 aliphatic carbocycles. The molecule has 0 N–H and O–H groups in total. The van der Waals surface area contributed by atoms with Crippen LogP contribution in [0.1, 0.15) is 44.9 Å². The van der Waals surface area contributed by atoms with E-state index >= 15 is 0 Å². The highest BCUT2D eigenvalue weighted by molar-refractivity contribution is 7.95. The Morgan fingerprint density at radius 1 is 0.636 bits per heavy atom. The van der Waals surface area contributed by atoms with Crippen LogP contribution in [0.2, 0.25) is 0 Å². The van der Waals surface area contributed by atoms with Crippen LogP contribution in [0, 0.1) is 0 Å². The maximum atomic E-state index is 11.1. The molecule has 3 aromatic rings. The van der Waals surface area contributed by atoms with Gasteiger partial charge in [0.2, 0.25) is 0 Å². The Bertz CT molecular complexity index is 858. The van der Waals surface area contributed by atoms with Crippen LogP contribution in [0.4, 0.5) is 0 Å². The summed E-state index contributed by atoms with van der Waals surface area (Å²) in [6.45, 7) is 3.92. The maximum absolute atomic E-state index is 11.1. The molecule has 0 spiro atoms. The van der Waals surface area contributed by atoms with Gasteiger partial charge in [-0.3, -0.25) is 0 Å². The van der Waals surface area contributed by atoms with Gasteiger partial charge in [-0.1, -0.05) is 86.9 Å². The third kappa shape index (κ3) is 7.14. The molecule has 0 aliphatic rings. The van der Waals surface area contributed by atoms with Crippen LogP contribution in [0.3, 0.4) is 0 Å². The molecule has 0 saturated heterocycles. The number of unbranched alkanes of at least 4 members (excludes halogenated alkanes) is 6. The molecule has 172 valence electrons. The van der Waals surface area contributed by atoms with Crippen LogP contribution in [0.5, 0.6) is 0 Å². The van der Waals surface area contributed by atoms with Crippen LogP contribution in [0.15, 0.2) is 104 Å². The van der Waals surface area contributed by atoms with Gasteiger partial charge in [0, 0.05) is 6.08 Å². The van der Waals surface area contributed by atoms with Crippen LogP contribution < -0.4 is 15.9 Å². The number of hydrogen-bond acceptors (Lipinski definition) is 2. The molecule has 0 fully saturated rings. The molecule has 3 rings (SSSR count). The molecule has 3 aromatic carbocycles. The summed E-state index contributed by atoms with van der Waals surface area (Å²) in [7, 11) is -1.69. The van der Waals surface area contributed by atoms with Crippen molar-refractivity contribution in [3.05, 3.63) is 104 Å². The van der Waals surface area contributed by atoms with Gasteiger partial charge in [0.15, 0.2) is 0 Å². The van der Waals surface area contributed by atoms with Crippen LogP contribution in [-0.2, 0) is 9.53 Å². The fraction of sp³-hybridized carbons (Fsp3) is 0.300. The van der Waals surface area contributed by atoms with Gasteiger partial charge in [0.1, 0.15) is 23.2 Å². The van der Waals surface area contributed by atoms with Crippen molar-refractivity contribution < 1.29 is 9.53 Å². The van der Waals surface area contributed by atoms with Crippen molar-refractivity contribution in [1.29, 1.82) is 0 Å². The van der Waals surface area contributed by atoms with Gasteiger partial charge < -0.3 is 4.74 Å². The van der Waals surface area contributed by atoms with Crippen molar-refractivity contribution in [2.24, 2.45) is 0 Å². The second kappa shape index (κ2) is 13.8. The van der Waals surface area contributed by atoms with E-state index in [0.717, 1.165) is 12.8 Å². The second-order valence-corrected chi connectivity index (χ2v) is 12.0. The van der Waals surface area contributed by atoms with Crippen molar-refractivity contribution in [1.82, 2.24) is 0 Å². The molecule has 0 amide bonds. The average molecular weight is 460 g/mol. The van der Waals surface area contributed by atoms with E-state index in [2.05, 4.69) is 97.6 Å². The Morgan fingerprint density at radius 2 is 1.03 bits per heavy atom. The lowest BCUT2D eigenvalue weighted by Crippen LogP contribution is -2.33. The van der Waals surface area contributed by atoms with Crippen molar-refractivity contribution in [2.75, 3.05) is 12.8 Å². The van der Waals surface area contributed by atoms with Gasteiger partial charge in [-0.2, -0.15) is 0 Å². The Morgan fingerprint density at radius 3 is 1.45 bits per heavy atom. The zero-order chi connectivity index (χ0) is 23.2. The van der Waals surface area contributed by atoms with E-state index in [9.17, 15) is 4.79 Å². The fourth-order valence-electron chi connectivity index (χ4n) is 4.45. The highest BCUT2D eigenvalue weighted by Gasteiger charge is 2.44. The minimum Gasteiger partial charge on any atom is -0.463 e. The van der Waals surface area contributed by atoms with E-state index in [0.29, 0.717) is 6.61 Å². The van der Waals surface area contributed by atoms with E-state index in [1.807, 2.05) is 0 Å². The summed E-state index contributed by atoms with van der Waals surface area (Å²) in [5.74, 6) is -0.322. The standard InChI is InChI=1S/C30H36O2P/c1-2-30(31)32-25-17-6-4-3-5-7-18-26-33(27-19-11-8-12-20-27,28-21-13-9-14-22-28)29-23-15-10-16-24-29/h2,8-16,19-24H,1,3-7,17-18,25-26H2/q+1. The first-order valence-electron chi connectivity index (χ1n) is 12.1. The minimum absolute atomic E-state index is 0.322. The number of esters is 1. The van der Waals surface area contributed by atoms with E-state index in [1.165, 1.54) is 60.3 Å². The van der Waals surface area contributed by atoms with E-state index < -0.39 is 7.26 Å². The largest absolute Gasteiger partial charge is 0.463 e. The smallest absolute Gasteiger partial charge is 0.330 e. The average Bonchev–Trinajstić information content (AvgIpc) is 2.89. The van der Waals surface area contributed by atoms with Crippen LogP contribution in [0.25, 0.3) is 0 Å². The summed E-state index contributed by atoms with van der Waals surface area (Å²) in [5.41, 5.74) is 0. The van der Waals surface area contributed by atoms with Crippen molar-refractivity contribution >= 4 is 29.1 Å². The lowest BCUT2D eigenvalue weighted by Gasteiger charge is -2.27. The molecule has 0 unspecified atom stereocenters. The molecule has 0 radical (unpaired) electrons. The number of hydrogen-bond donors (Lipinski definition) is 0. The second-order valence-electron chi connectivity index (χ2n) is 8.39. The number of carbonyl (C=O) groups is 1. The molecular weight excluding hydrogens is 423 g/mol. The first-order valence-corrected chi connectivity index (χ1v) is 14.1. The summed E-state index contributed by atoms with van der Waals surface area (Å²) in [6.07, 6.45) is 10.6. The zero-order valence-electron chi connectivity index (χ0n) is 19.6. The first kappa shape index (κ1) is 24.9. The SMILES string of the molecule is C=CC(=O)OCCCCCCCCC[P+](c1ccccc1)(c1ccccc1)c1ccccc1. The topological polar surface area (TPSA) is 26.3 Å². The van der Waals surface area contributed by atoms with Crippen molar-refractivity contribution in [3.63, 3.8) is 0 Å². The summed E-state index contributed by atoms with van der Waals surface area (Å²) < 4.78 is 5.05. The molecule has 0 aliphatic heterocycles. The molecule has 0 heterocycles. The molecule has 3 heteroatoms. The van der Waals surface area contributed by atoms with Crippen LogP contribution >= 0.6 is 7.26 Å². The van der Waals surface area contributed by atoms with E-state index in [-0.39, 0.29) is 5.97 Å². The summed E-state index contributed by atoms with van der Waals surface area (Å²) in [5, 5.41) is 4.41. The summed E-state index contributed by atoms with van der Waals surface area (Å²) >= 11 is 0. The Kier molecular flexibility index (Phi) is 10.4. The normalized spacial score (nSPS) is 11.2. The lowest BCUT2D eigenvalue weighted by molar-refractivity contribution is -0.137. The van der Waals surface area contributed by atoms with Crippen molar-refractivity contribution in [2.45, 2.75) is 44.9 Å². The molecule has 0 aromatic heterocycles. The predicted octanol–water partition coefficient (Wildman–Crippen LogP) is 6.44. The molecule has 2 nitrogen and oxygen atoms in total. The monoisotopic (exact) mass is 459 g/mol. The van der Waals surface area contributed by atoms with Gasteiger partial charge in [0.05, 0.1) is 12.8 Å². The zero-order valence-corrected chi connectivity index (χ0v) is 20.5. The first-order chi connectivity index (χ1) is 16.3. The Balaban J connectivity index is 1.62. The van der Waals surface area contributed by atoms with Crippen molar-refractivity contribution in [3.8, 4) is 0 Å². The number of ether oxygens (including phenoxy) is 1. The lowest BCUT2D eigenvalue weighted by atomic mass is 10.1. The summed E-state index contributed by atoms with van der Waals surface area (Å²) in [4.78, 5) is 11.1. The van der Waals surface area contributed by atoms with Crippen LogP contribution in [-0.4, -0.2) is 18.7 Å². The predicted molar refractivity (Wildman–Crippen MR) is 143 cm³/mol. The van der Waals surface area contributed by atoms with Gasteiger partial charge in [-0.15, -0.1) is 0 Å². The highest BCUT2D eigenvalue weighted by atomic mass is 31.2. The third-order valence-corrected chi connectivity index (χ3v) is 10.7. The van der Waals surface area contributed by atoms with E-state index in [1.54, 1.807) is 0 Å². The van der Waals surface area contributed by atoms with Gasteiger partial charge in [-0.05, 0) is 55.7 Å². The third-order valence-electron chi connectivity index (χ3n) is 6.14. The van der Waals surface area contributed by atoms with E-state index in [4.69, 9.17) is 4.74 Å². The maximum Gasteiger partial charge on any atom is 0.330 e. The van der Waals surface area contributed by atoms with Gasteiger partial charge >= 0.3 is 5.97 Å². The molecular formula is C30H36O2P+. The summed E-state index contributed by atoms with van der Waals surface area (Å²) in [6, 6.07) is 33.4. The Labute approximate surface area is 200 Å². The fourth-order valence-corrected chi connectivity index (χ4v) is 8.86.